The van der Waals surface area contributed by atoms with Gasteiger partial charge in [0, 0.05) is 11.1 Å². The van der Waals surface area contributed by atoms with E-state index >= 15 is 0 Å². The molecule has 1 atom stereocenters. The molecule has 0 radical (unpaired) electrons. The van der Waals surface area contributed by atoms with Gasteiger partial charge in [-0.25, -0.2) is 5.48 Å². The molecule has 0 bridgehead atoms. The number of fused-ring (bicyclic) bond motifs is 1. The molecule has 0 saturated heterocycles. The minimum atomic E-state index is -4.98. The van der Waals surface area contributed by atoms with Crippen LogP contribution in [0.3, 0.4) is 0 Å². The summed E-state index contributed by atoms with van der Waals surface area (Å²) < 4.78 is 83.2. The summed E-state index contributed by atoms with van der Waals surface area (Å²) in [6, 6.07) is 4.93. The lowest BCUT2D eigenvalue weighted by atomic mass is 10.0. The molecule has 0 aromatic heterocycles. The van der Waals surface area contributed by atoms with Crippen molar-refractivity contribution in [2.24, 2.45) is 0 Å². The Balaban J connectivity index is 1.98. The fraction of sp³-hybridized carbons (Fsp3) is 0.188. The molecular weight excluding hydrogens is 382 g/mol. The molecule has 0 saturated carbocycles. The number of carbonyl (C=O) groups excluding carboxylic acids is 1. The van der Waals surface area contributed by atoms with Crippen molar-refractivity contribution < 1.29 is 41.1 Å². The number of amides is 1. The molecule has 11 heteroatoms. The average molecular weight is 392 g/mol. The lowest BCUT2D eigenvalue weighted by molar-refractivity contribution is -0.143. The number of hydrogen-bond acceptors (Lipinski definition) is 4. The fourth-order valence-corrected chi connectivity index (χ4v) is 2.53. The SMILES string of the molecule is O=C(NO)c1ccc2c(c1)NC(c1cc(C(F)(F)F)cc(C(F)(F)F)c1)O2. The van der Waals surface area contributed by atoms with Crippen LogP contribution in [0.2, 0.25) is 0 Å². The van der Waals surface area contributed by atoms with Gasteiger partial charge in [0.15, 0.2) is 6.23 Å². The maximum absolute atomic E-state index is 13.0. The number of nitrogens with one attached hydrogen (secondary N) is 2. The van der Waals surface area contributed by atoms with Gasteiger partial charge in [0.2, 0.25) is 0 Å². The maximum atomic E-state index is 13.0. The zero-order chi connectivity index (χ0) is 20.0. The molecule has 1 unspecified atom stereocenters. The minimum Gasteiger partial charge on any atom is -0.464 e. The van der Waals surface area contributed by atoms with E-state index in [1.54, 1.807) is 0 Å². The first-order valence-corrected chi connectivity index (χ1v) is 7.30. The van der Waals surface area contributed by atoms with Gasteiger partial charge in [0.05, 0.1) is 16.8 Å². The Morgan fingerprint density at radius 3 is 2.11 bits per heavy atom. The number of hydroxylamine groups is 1. The van der Waals surface area contributed by atoms with Crippen LogP contribution in [0.15, 0.2) is 36.4 Å². The third-order valence-electron chi connectivity index (χ3n) is 3.79. The molecule has 0 fully saturated rings. The van der Waals surface area contributed by atoms with Gasteiger partial charge < -0.3 is 10.1 Å². The van der Waals surface area contributed by atoms with E-state index in [1.807, 2.05) is 0 Å². The van der Waals surface area contributed by atoms with Crippen molar-refractivity contribution in [2.75, 3.05) is 5.32 Å². The van der Waals surface area contributed by atoms with E-state index in [-0.39, 0.29) is 28.6 Å². The van der Waals surface area contributed by atoms with Crippen molar-refractivity contribution in [1.29, 1.82) is 0 Å². The van der Waals surface area contributed by atoms with E-state index in [1.165, 1.54) is 23.7 Å². The lowest BCUT2D eigenvalue weighted by Crippen LogP contribution is -2.18. The van der Waals surface area contributed by atoms with Crippen LogP contribution in [0.1, 0.15) is 33.3 Å². The van der Waals surface area contributed by atoms with Gasteiger partial charge in [-0.2, -0.15) is 26.3 Å². The first-order chi connectivity index (χ1) is 12.5. The number of carbonyl (C=O) groups is 1. The van der Waals surface area contributed by atoms with Crippen molar-refractivity contribution in [3.63, 3.8) is 0 Å². The molecule has 1 aliphatic heterocycles. The Hall–Kier alpha value is -2.95. The Morgan fingerprint density at radius 2 is 1.59 bits per heavy atom. The van der Waals surface area contributed by atoms with Gasteiger partial charge in [-0.1, -0.05) is 0 Å². The highest BCUT2D eigenvalue weighted by Crippen LogP contribution is 2.42. The van der Waals surface area contributed by atoms with Gasteiger partial charge in [-0.3, -0.25) is 10.0 Å². The van der Waals surface area contributed by atoms with Crippen LogP contribution in [-0.2, 0) is 12.4 Å². The van der Waals surface area contributed by atoms with Gasteiger partial charge >= 0.3 is 12.4 Å². The predicted molar refractivity (Wildman–Crippen MR) is 79.1 cm³/mol. The molecule has 144 valence electrons. The van der Waals surface area contributed by atoms with Gasteiger partial charge in [0.1, 0.15) is 5.75 Å². The summed E-state index contributed by atoms with van der Waals surface area (Å²) in [6.07, 6.45) is -11.3. The zero-order valence-corrected chi connectivity index (χ0v) is 13.1. The van der Waals surface area contributed by atoms with E-state index in [9.17, 15) is 31.1 Å². The van der Waals surface area contributed by atoms with Gasteiger partial charge in [0.25, 0.3) is 5.91 Å². The van der Waals surface area contributed by atoms with Crippen LogP contribution in [0.5, 0.6) is 5.75 Å². The number of halogens is 6. The molecule has 0 aliphatic carbocycles. The van der Waals surface area contributed by atoms with Crippen molar-refractivity contribution >= 4 is 11.6 Å². The van der Waals surface area contributed by atoms with E-state index in [0.717, 1.165) is 0 Å². The second kappa shape index (κ2) is 6.34. The van der Waals surface area contributed by atoms with E-state index in [2.05, 4.69) is 5.32 Å². The summed E-state index contributed by atoms with van der Waals surface area (Å²) in [6.45, 7) is 0. The summed E-state index contributed by atoms with van der Waals surface area (Å²) in [5, 5.41) is 11.2. The summed E-state index contributed by atoms with van der Waals surface area (Å²) in [5.41, 5.74) is -1.73. The Bertz CT molecular complexity index is 862. The van der Waals surface area contributed by atoms with Crippen molar-refractivity contribution in [3.8, 4) is 5.75 Å². The van der Waals surface area contributed by atoms with E-state index in [4.69, 9.17) is 9.94 Å². The molecule has 0 spiro atoms. The standard InChI is InChI=1S/C16H10F6N2O3/c17-15(18,19)9-3-8(4-10(6-9)16(20,21)22)14-23-11-5-7(13(25)24-26)1-2-12(11)27-14/h1-6,14,23,26H,(H,24,25). The lowest BCUT2D eigenvalue weighted by Gasteiger charge is -2.17. The van der Waals surface area contributed by atoms with Crippen LogP contribution in [-0.4, -0.2) is 11.1 Å². The van der Waals surface area contributed by atoms with Crippen LogP contribution in [0.4, 0.5) is 32.0 Å². The Morgan fingerprint density at radius 1 is 1.00 bits per heavy atom. The molecule has 1 aliphatic rings. The van der Waals surface area contributed by atoms with E-state index in [0.29, 0.717) is 12.1 Å². The minimum absolute atomic E-state index is 0.00743. The van der Waals surface area contributed by atoms with Crippen LogP contribution >= 0.6 is 0 Å². The first-order valence-electron chi connectivity index (χ1n) is 7.30. The van der Waals surface area contributed by atoms with Crippen LogP contribution < -0.4 is 15.5 Å². The molecule has 3 N–H and O–H groups in total. The van der Waals surface area contributed by atoms with E-state index < -0.39 is 35.6 Å². The van der Waals surface area contributed by atoms with Gasteiger partial charge in [-0.05, 0) is 36.4 Å². The number of alkyl halides is 6. The number of hydrogen-bond donors (Lipinski definition) is 3. The largest absolute Gasteiger partial charge is 0.464 e. The number of rotatable bonds is 2. The molecule has 3 rings (SSSR count). The Labute approximate surface area is 147 Å². The molecule has 1 heterocycles. The fourth-order valence-electron chi connectivity index (χ4n) is 2.53. The smallest absolute Gasteiger partial charge is 0.416 e. The number of ether oxygens (including phenoxy) is 1. The maximum Gasteiger partial charge on any atom is 0.416 e. The highest BCUT2D eigenvalue weighted by molar-refractivity contribution is 5.95. The third-order valence-corrected chi connectivity index (χ3v) is 3.79. The quantitative estimate of drug-likeness (QED) is 0.404. The molecule has 1 amide bonds. The van der Waals surface area contributed by atoms with Crippen molar-refractivity contribution in [2.45, 2.75) is 18.6 Å². The molecule has 5 nitrogen and oxygen atoms in total. The summed E-state index contributed by atoms with van der Waals surface area (Å²) in [4.78, 5) is 11.4. The Kier molecular flexibility index (Phi) is 4.42. The highest BCUT2D eigenvalue weighted by Gasteiger charge is 2.38. The monoisotopic (exact) mass is 392 g/mol. The zero-order valence-electron chi connectivity index (χ0n) is 13.1. The highest BCUT2D eigenvalue weighted by atomic mass is 19.4. The normalized spacial score (nSPS) is 16.3. The number of anilines is 1. The van der Waals surface area contributed by atoms with Crippen LogP contribution in [0.25, 0.3) is 0 Å². The second-order valence-electron chi connectivity index (χ2n) is 5.63. The number of benzene rings is 2. The van der Waals surface area contributed by atoms with Crippen LogP contribution in [0, 0.1) is 0 Å². The predicted octanol–water partition coefficient (Wildman–Crippen LogP) is 4.35. The van der Waals surface area contributed by atoms with Gasteiger partial charge in [-0.15, -0.1) is 0 Å². The molecular formula is C16H10F6N2O3. The second-order valence-corrected chi connectivity index (χ2v) is 5.63. The summed E-state index contributed by atoms with van der Waals surface area (Å²) in [7, 11) is 0. The third kappa shape index (κ3) is 3.77. The molecule has 27 heavy (non-hydrogen) atoms. The first kappa shape index (κ1) is 18.8. The summed E-state index contributed by atoms with van der Waals surface area (Å²) in [5.74, 6) is -0.720. The molecule has 2 aromatic carbocycles. The average Bonchev–Trinajstić information content (AvgIpc) is 3.02. The van der Waals surface area contributed by atoms with Crippen molar-refractivity contribution in [1.82, 2.24) is 5.48 Å². The van der Waals surface area contributed by atoms with Crippen molar-refractivity contribution in [3.05, 3.63) is 58.7 Å². The topological polar surface area (TPSA) is 70.6 Å². The summed E-state index contributed by atoms with van der Waals surface area (Å²) >= 11 is 0. The molecule has 2 aromatic rings.